The van der Waals surface area contributed by atoms with Crippen LogP contribution < -0.4 is 21.9 Å². The van der Waals surface area contributed by atoms with E-state index < -0.39 is 0 Å². The van der Waals surface area contributed by atoms with Crippen LogP contribution in [0.4, 0.5) is 11.8 Å². The van der Waals surface area contributed by atoms with Crippen LogP contribution in [0.25, 0.3) is 0 Å². The van der Waals surface area contributed by atoms with Crippen molar-refractivity contribution < 1.29 is 4.79 Å². The molecule has 5 N–H and O–H groups in total. The standard InChI is InChI=1S/C9H14N6O/c10-8(16)6-2-4-15(5-6)7-1-3-12-9(13-7)14-11/h1,3,6H,2,4-5,11H2,(H2,10,16)(H,12,13,14). The van der Waals surface area contributed by atoms with Crippen molar-refractivity contribution in [1.82, 2.24) is 9.97 Å². The molecule has 1 saturated heterocycles. The lowest BCUT2D eigenvalue weighted by molar-refractivity contribution is -0.121. The fraction of sp³-hybridized carbons (Fsp3) is 0.444. The molecule has 0 aliphatic carbocycles. The number of hydrazine groups is 1. The van der Waals surface area contributed by atoms with Gasteiger partial charge in [-0.05, 0) is 12.5 Å². The fourth-order valence-electron chi connectivity index (χ4n) is 1.80. The molecule has 7 heteroatoms. The third-order valence-electron chi connectivity index (χ3n) is 2.68. The van der Waals surface area contributed by atoms with Gasteiger partial charge in [0.1, 0.15) is 5.82 Å². The van der Waals surface area contributed by atoms with Crippen LogP contribution in [0.1, 0.15) is 6.42 Å². The molecule has 16 heavy (non-hydrogen) atoms. The van der Waals surface area contributed by atoms with Crippen LogP contribution in [0.3, 0.4) is 0 Å². The zero-order chi connectivity index (χ0) is 11.5. The van der Waals surface area contributed by atoms with Crippen molar-refractivity contribution in [3.8, 4) is 0 Å². The number of hydrogen-bond acceptors (Lipinski definition) is 6. The van der Waals surface area contributed by atoms with Gasteiger partial charge in [0, 0.05) is 19.3 Å². The first-order chi connectivity index (χ1) is 7.70. The van der Waals surface area contributed by atoms with Gasteiger partial charge in [0.2, 0.25) is 11.9 Å². The quantitative estimate of drug-likeness (QED) is 0.450. The highest BCUT2D eigenvalue weighted by Gasteiger charge is 2.27. The molecule has 1 aliphatic heterocycles. The first-order valence-electron chi connectivity index (χ1n) is 5.04. The van der Waals surface area contributed by atoms with Crippen molar-refractivity contribution in [3.63, 3.8) is 0 Å². The number of primary amides is 1. The Morgan fingerprint density at radius 1 is 1.62 bits per heavy atom. The molecule has 86 valence electrons. The monoisotopic (exact) mass is 222 g/mol. The molecule has 1 aromatic heterocycles. The molecule has 0 radical (unpaired) electrons. The van der Waals surface area contributed by atoms with E-state index in [1.54, 1.807) is 12.3 Å². The first kappa shape index (κ1) is 10.6. The number of amides is 1. The number of nitrogen functional groups attached to an aromatic ring is 1. The minimum atomic E-state index is -0.256. The largest absolute Gasteiger partial charge is 0.369 e. The molecule has 7 nitrogen and oxygen atoms in total. The molecule has 1 aliphatic rings. The molecule has 2 heterocycles. The third kappa shape index (κ3) is 2.03. The van der Waals surface area contributed by atoms with E-state index in [4.69, 9.17) is 11.6 Å². The Bertz CT molecular complexity index is 395. The maximum Gasteiger partial charge on any atom is 0.239 e. The molecule has 2 rings (SSSR count). The van der Waals surface area contributed by atoms with E-state index >= 15 is 0 Å². The molecule has 0 saturated carbocycles. The molecule has 1 atom stereocenters. The smallest absolute Gasteiger partial charge is 0.239 e. The Morgan fingerprint density at radius 3 is 3.06 bits per heavy atom. The van der Waals surface area contributed by atoms with E-state index in [0.717, 1.165) is 18.8 Å². The summed E-state index contributed by atoms with van der Waals surface area (Å²) in [7, 11) is 0. The summed E-state index contributed by atoms with van der Waals surface area (Å²) in [5.74, 6) is 5.99. The van der Waals surface area contributed by atoms with Gasteiger partial charge in [0.05, 0.1) is 5.92 Å². The van der Waals surface area contributed by atoms with Crippen LogP contribution in [-0.2, 0) is 4.79 Å². The second-order valence-corrected chi connectivity index (χ2v) is 3.72. The van der Waals surface area contributed by atoms with Crippen LogP contribution in [0.2, 0.25) is 0 Å². The summed E-state index contributed by atoms with van der Waals surface area (Å²) in [6, 6.07) is 1.78. The van der Waals surface area contributed by atoms with Crippen LogP contribution in [0.5, 0.6) is 0 Å². The van der Waals surface area contributed by atoms with Crippen molar-refractivity contribution in [2.45, 2.75) is 6.42 Å². The van der Waals surface area contributed by atoms with Gasteiger partial charge < -0.3 is 10.6 Å². The summed E-state index contributed by atoms with van der Waals surface area (Å²) in [4.78, 5) is 21.1. The number of carbonyl (C=O) groups excluding carboxylic acids is 1. The van der Waals surface area contributed by atoms with Crippen molar-refractivity contribution in [1.29, 1.82) is 0 Å². The average Bonchev–Trinajstić information content (AvgIpc) is 2.78. The van der Waals surface area contributed by atoms with E-state index in [9.17, 15) is 4.79 Å². The lowest BCUT2D eigenvalue weighted by Crippen LogP contribution is -2.28. The highest BCUT2D eigenvalue weighted by molar-refractivity contribution is 5.78. The number of carbonyl (C=O) groups is 1. The number of nitrogens with zero attached hydrogens (tertiary/aromatic N) is 3. The van der Waals surface area contributed by atoms with E-state index in [1.165, 1.54) is 0 Å². The summed E-state index contributed by atoms with van der Waals surface area (Å²) in [5.41, 5.74) is 7.65. The second-order valence-electron chi connectivity index (χ2n) is 3.72. The minimum Gasteiger partial charge on any atom is -0.369 e. The molecule has 0 aromatic carbocycles. The Morgan fingerprint density at radius 2 is 2.44 bits per heavy atom. The SMILES string of the molecule is NNc1nccc(N2CCC(C(N)=O)C2)n1. The van der Waals surface area contributed by atoms with E-state index in [2.05, 4.69) is 15.4 Å². The predicted molar refractivity (Wildman–Crippen MR) is 59.4 cm³/mol. The highest BCUT2D eigenvalue weighted by atomic mass is 16.1. The molecule has 1 unspecified atom stereocenters. The highest BCUT2D eigenvalue weighted by Crippen LogP contribution is 2.21. The van der Waals surface area contributed by atoms with Crippen molar-refractivity contribution in [2.24, 2.45) is 17.5 Å². The van der Waals surface area contributed by atoms with Gasteiger partial charge in [0.15, 0.2) is 0 Å². The van der Waals surface area contributed by atoms with E-state index in [0.29, 0.717) is 12.5 Å². The molecule has 1 fully saturated rings. The van der Waals surface area contributed by atoms with Gasteiger partial charge in [-0.25, -0.2) is 10.8 Å². The van der Waals surface area contributed by atoms with Gasteiger partial charge >= 0.3 is 0 Å². The third-order valence-corrected chi connectivity index (χ3v) is 2.68. The van der Waals surface area contributed by atoms with Crippen LogP contribution in [0.15, 0.2) is 12.3 Å². The number of rotatable bonds is 3. The molecular weight excluding hydrogens is 208 g/mol. The topological polar surface area (TPSA) is 110 Å². The second kappa shape index (κ2) is 4.31. The van der Waals surface area contributed by atoms with Gasteiger partial charge in [0.25, 0.3) is 0 Å². The van der Waals surface area contributed by atoms with Crippen molar-refractivity contribution >= 4 is 17.7 Å². The maximum absolute atomic E-state index is 11.0. The lowest BCUT2D eigenvalue weighted by atomic mass is 10.1. The summed E-state index contributed by atoms with van der Waals surface area (Å²) in [5, 5.41) is 0. The van der Waals surface area contributed by atoms with Crippen LogP contribution in [-0.4, -0.2) is 29.0 Å². The van der Waals surface area contributed by atoms with Crippen LogP contribution in [0, 0.1) is 5.92 Å². The Kier molecular flexibility index (Phi) is 2.86. The Hall–Kier alpha value is -1.89. The fourth-order valence-corrected chi connectivity index (χ4v) is 1.80. The molecule has 0 bridgehead atoms. The van der Waals surface area contributed by atoms with Crippen molar-refractivity contribution in [3.05, 3.63) is 12.3 Å². The molecule has 1 aromatic rings. The summed E-state index contributed by atoms with van der Waals surface area (Å²) < 4.78 is 0. The van der Waals surface area contributed by atoms with Gasteiger partial charge in [-0.3, -0.25) is 10.2 Å². The average molecular weight is 222 g/mol. The van der Waals surface area contributed by atoms with Crippen molar-refractivity contribution in [2.75, 3.05) is 23.4 Å². The normalized spacial score (nSPS) is 19.8. The van der Waals surface area contributed by atoms with E-state index in [1.807, 2.05) is 4.90 Å². The van der Waals surface area contributed by atoms with Crippen LogP contribution >= 0.6 is 0 Å². The summed E-state index contributed by atoms with van der Waals surface area (Å²) in [6.07, 6.45) is 2.39. The Labute approximate surface area is 92.8 Å². The summed E-state index contributed by atoms with van der Waals surface area (Å²) in [6.45, 7) is 1.38. The lowest BCUT2D eigenvalue weighted by Gasteiger charge is -2.16. The first-order valence-corrected chi connectivity index (χ1v) is 5.04. The van der Waals surface area contributed by atoms with Gasteiger partial charge in [-0.2, -0.15) is 4.98 Å². The van der Waals surface area contributed by atoms with E-state index in [-0.39, 0.29) is 11.8 Å². The molecular formula is C9H14N6O. The van der Waals surface area contributed by atoms with Gasteiger partial charge in [-0.1, -0.05) is 0 Å². The molecule has 1 amide bonds. The number of nitrogens with one attached hydrogen (secondary N) is 1. The zero-order valence-corrected chi connectivity index (χ0v) is 8.76. The minimum absolute atomic E-state index is 0.0933. The number of aromatic nitrogens is 2. The predicted octanol–water partition coefficient (Wildman–Crippen LogP) is -0.926. The number of hydrogen-bond donors (Lipinski definition) is 3. The number of anilines is 2. The maximum atomic E-state index is 11.0. The Balaban J connectivity index is 2.11. The number of nitrogens with two attached hydrogens (primary N) is 2. The summed E-state index contributed by atoms with van der Waals surface area (Å²) >= 11 is 0. The van der Waals surface area contributed by atoms with Gasteiger partial charge in [-0.15, -0.1) is 0 Å². The zero-order valence-electron chi connectivity index (χ0n) is 8.76. The molecule has 0 spiro atoms.